The van der Waals surface area contributed by atoms with Gasteiger partial charge in [-0.25, -0.2) is 0 Å². The first-order chi connectivity index (χ1) is 13.1. The van der Waals surface area contributed by atoms with E-state index in [0.717, 1.165) is 31.4 Å². The minimum atomic E-state index is -0.294. The van der Waals surface area contributed by atoms with Crippen LogP contribution in [0.4, 0.5) is 0 Å². The Kier molecular flexibility index (Phi) is 4.95. The highest BCUT2D eigenvalue weighted by Gasteiger charge is 2.40. The summed E-state index contributed by atoms with van der Waals surface area (Å²) in [5.41, 5.74) is 0.971. The van der Waals surface area contributed by atoms with E-state index >= 15 is 0 Å². The molecule has 1 fully saturated rings. The van der Waals surface area contributed by atoms with Crippen LogP contribution in [0, 0.1) is 0 Å². The third-order valence-electron chi connectivity index (χ3n) is 5.21. The number of rotatable bonds is 4. The van der Waals surface area contributed by atoms with Gasteiger partial charge >= 0.3 is 0 Å². The SMILES string of the molecule is CCN1C(=O)c2c(OCc3ccccc3)c(=O)c(Br)cn2N2CCCCC12. The number of fused-ring (bicyclic) bond motifs is 3. The maximum Gasteiger partial charge on any atom is 0.278 e. The molecule has 1 aromatic carbocycles. The summed E-state index contributed by atoms with van der Waals surface area (Å²) in [6.45, 7) is 3.65. The molecule has 0 radical (unpaired) electrons. The predicted octanol–water partition coefficient (Wildman–Crippen LogP) is 3.11. The largest absolute Gasteiger partial charge is 0.482 e. The number of nitrogens with zero attached hydrogens (tertiary/aromatic N) is 3. The number of halogens is 1. The number of pyridine rings is 1. The molecule has 142 valence electrons. The van der Waals surface area contributed by atoms with E-state index in [-0.39, 0.29) is 29.9 Å². The van der Waals surface area contributed by atoms with Crippen molar-refractivity contribution in [3.05, 3.63) is 62.5 Å². The average molecular weight is 432 g/mol. The number of hydrogen-bond acceptors (Lipinski definition) is 4. The molecule has 4 rings (SSSR count). The Hall–Kier alpha value is -2.28. The van der Waals surface area contributed by atoms with Crippen LogP contribution >= 0.6 is 15.9 Å². The molecule has 1 aromatic heterocycles. The molecule has 1 unspecified atom stereocenters. The van der Waals surface area contributed by atoms with E-state index in [2.05, 4.69) is 20.9 Å². The number of ether oxygens (including phenoxy) is 1. The second-order valence-corrected chi connectivity index (χ2v) is 7.69. The van der Waals surface area contributed by atoms with E-state index in [1.807, 2.05) is 46.8 Å². The van der Waals surface area contributed by atoms with Crippen LogP contribution in [0.25, 0.3) is 0 Å². The molecule has 2 aliphatic heterocycles. The van der Waals surface area contributed by atoms with Crippen LogP contribution in [-0.4, -0.2) is 34.7 Å². The summed E-state index contributed by atoms with van der Waals surface area (Å²) in [6, 6.07) is 9.64. The normalized spacial score (nSPS) is 18.9. The van der Waals surface area contributed by atoms with Crippen LogP contribution in [0.2, 0.25) is 0 Å². The van der Waals surface area contributed by atoms with Gasteiger partial charge in [0, 0.05) is 19.3 Å². The van der Waals surface area contributed by atoms with E-state index in [4.69, 9.17) is 4.74 Å². The number of aromatic nitrogens is 1. The van der Waals surface area contributed by atoms with Gasteiger partial charge in [-0.05, 0) is 47.7 Å². The molecule has 6 nitrogen and oxygen atoms in total. The smallest absolute Gasteiger partial charge is 0.278 e. The lowest BCUT2D eigenvalue weighted by atomic mass is 10.1. The molecule has 0 saturated carbocycles. The third kappa shape index (κ3) is 3.14. The first-order valence-electron chi connectivity index (χ1n) is 9.31. The highest BCUT2D eigenvalue weighted by atomic mass is 79.9. The minimum Gasteiger partial charge on any atom is -0.482 e. The van der Waals surface area contributed by atoms with Crippen molar-refractivity contribution < 1.29 is 9.53 Å². The molecular formula is C20H22BrN3O3. The van der Waals surface area contributed by atoms with Crippen LogP contribution < -0.4 is 15.2 Å². The van der Waals surface area contributed by atoms with Gasteiger partial charge in [0.1, 0.15) is 12.8 Å². The molecule has 0 bridgehead atoms. The number of carbonyl (C=O) groups excluding carboxylic acids is 1. The zero-order chi connectivity index (χ0) is 19.0. The van der Waals surface area contributed by atoms with Gasteiger partial charge in [0.2, 0.25) is 5.43 Å². The third-order valence-corrected chi connectivity index (χ3v) is 5.78. The van der Waals surface area contributed by atoms with Crippen molar-refractivity contribution in [1.82, 2.24) is 9.58 Å². The number of benzene rings is 1. The predicted molar refractivity (Wildman–Crippen MR) is 107 cm³/mol. The van der Waals surface area contributed by atoms with Gasteiger partial charge < -0.3 is 9.64 Å². The Bertz CT molecular complexity index is 913. The Morgan fingerprint density at radius 1 is 1.19 bits per heavy atom. The van der Waals surface area contributed by atoms with Gasteiger partial charge in [0.05, 0.1) is 4.47 Å². The molecule has 2 aromatic rings. The maximum absolute atomic E-state index is 13.2. The number of piperidine rings is 1. The van der Waals surface area contributed by atoms with Crippen molar-refractivity contribution in [1.29, 1.82) is 0 Å². The van der Waals surface area contributed by atoms with Crippen molar-refractivity contribution in [2.45, 2.75) is 39.0 Å². The summed E-state index contributed by atoms with van der Waals surface area (Å²) >= 11 is 3.36. The molecule has 0 aliphatic carbocycles. The van der Waals surface area contributed by atoms with E-state index in [9.17, 15) is 9.59 Å². The standard InChI is InChI=1S/C20H22BrN3O3/c1-2-22-16-10-6-7-11-23(16)24-12-15(21)18(25)19(17(24)20(22)26)27-13-14-8-4-3-5-9-14/h3-5,8-9,12,16H,2,6-7,10-11,13H2,1H3. The number of carbonyl (C=O) groups is 1. The van der Waals surface area contributed by atoms with E-state index in [1.54, 1.807) is 6.20 Å². The second-order valence-electron chi connectivity index (χ2n) is 6.83. The monoisotopic (exact) mass is 431 g/mol. The summed E-state index contributed by atoms with van der Waals surface area (Å²) in [4.78, 5) is 27.9. The summed E-state index contributed by atoms with van der Waals surface area (Å²) in [6.07, 6.45) is 4.82. The number of amides is 1. The van der Waals surface area contributed by atoms with Crippen molar-refractivity contribution in [3.63, 3.8) is 0 Å². The van der Waals surface area contributed by atoms with E-state index < -0.39 is 0 Å². The molecule has 0 N–H and O–H groups in total. The van der Waals surface area contributed by atoms with E-state index in [1.165, 1.54) is 0 Å². The summed E-state index contributed by atoms with van der Waals surface area (Å²) in [5, 5.41) is 2.17. The molecule has 3 heterocycles. The van der Waals surface area contributed by atoms with Crippen molar-refractivity contribution >= 4 is 21.8 Å². The summed E-state index contributed by atoms with van der Waals surface area (Å²) < 4.78 is 8.13. The Labute approximate surface area is 166 Å². The average Bonchev–Trinajstić information content (AvgIpc) is 2.70. The van der Waals surface area contributed by atoms with Crippen LogP contribution in [0.3, 0.4) is 0 Å². The van der Waals surface area contributed by atoms with Crippen molar-refractivity contribution in [2.75, 3.05) is 18.1 Å². The summed E-state index contributed by atoms with van der Waals surface area (Å²) in [5.74, 6) is -0.0333. The van der Waals surface area contributed by atoms with Gasteiger partial charge in [0.15, 0.2) is 11.4 Å². The zero-order valence-electron chi connectivity index (χ0n) is 15.2. The Morgan fingerprint density at radius 3 is 2.70 bits per heavy atom. The second kappa shape index (κ2) is 7.38. The molecule has 2 aliphatic rings. The van der Waals surface area contributed by atoms with Crippen LogP contribution in [0.5, 0.6) is 5.75 Å². The van der Waals surface area contributed by atoms with Crippen molar-refractivity contribution in [2.24, 2.45) is 0 Å². The molecule has 0 spiro atoms. The fourth-order valence-electron chi connectivity index (χ4n) is 3.90. The zero-order valence-corrected chi connectivity index (χ0v) is 16.8. The molecule has 1 atom stereocenters. The quantitative estimate of drug-likeness (QED) is 0.745. The molecule has 1 amide bonds. The van der Waals surface area contributed by atoms with Crippen LogP contribution in [-0.2, 0) is 6.61 Å². The molecule has 1 saturated heterocycles. The van der Waals surface area contributed by atoms with Gasteiger partial charge in [-0.2, -0.15) is 0 Å². The Morgan fingerprint density at radius 2 is 1.96 bits per heavy atom. The number of hydrogen-bond donors (Lipinski definition) is 0. The molecular weight excluding hydrogens is 410 g/mol. The highest BCUT2D eigenvalue weighted by molar-refractivity contribution is 9.10. The lowest BCUT2D eigenvalue weighted by Crippen LogP contribution is -2.62. The fourth-order valence-corrected chi connectivity index (χ4v) is 4.28. The lowest BCUT2D eigenvalue weighted by Gasteiger charge is -2.48. The first kappa shape index (κ1) is 18.1. The topological polar surface area (TPSA) is 54.8 Å². The maximum atomic E-state index is 13.2. The molecule has 27 heavy (non-hydrogen) atoms. The minimum absolute atomic E-state index is 0.0279. The van der Waals surface area contributed by atoms with E-state index in [0.29, 0.717) is 16.7 Å². The highest BCUT2D eigenvalue weighted by Crippen LogP contribution is 2.31. The lowest BCUT2D eigenvalue weighted by molar-refractivity contribution is 0.0532. The van der Waals surface area contributed by atoms with Crippen LogP contribution in [0.1, 0.15) is 42.2 Å². The van der Waals surface area contributed by atoms with Crippen molar-refractivity contribution in [3.8, 4) is 5.75 Å². The summed E-state index contributed by atoms with van der Waals surface area (Å²) in [7, 11) is 0. The van der Waals surface area contributed by atoms with Gasteiger partial charge in [0.25, 0.3) is 5.91 Å². The van der Waals surface area contributed by atoms with Gasteiger partial charge in [-0.1, -0.05) is 30.3 Å². The van der Waals surface area contributed by atoms with Gasteiger partial charge in [-0.15, -0.1) is 0 Å². The van der Waals surface area contributed by atoms with Gasteiger partial charge in [-0.3, -0.25) is 19.3 Å². The Balaban J connectivity index is 1.80. The first-order valence-corrected chi connectivity index (χ1v) is 10.1. The van der Waals surface area contributed by atoms with Crippen LogP contribution in [0.15, 0.2) is 45.8 Å². The fraction of sp³-hybridized carbons (Fsp3) is 0.400. The molecule has 7 heteroatoms.